The Morgan fingerprint density at radius 1 is 1.12 bits per heavy atom. The lowest BCUT2D eigenvalue weighted by molar-refractivity contribution is 0.0984. The van der Waals surface area contributed by atoms with Gasteiger partial charge in [-0.1, -0.05) is 12.1 Å². The molecule has 0 aliphatic rings. The van der Waals surface area contributed by atoms with Gasteiger partial charge in [-0.15, -0.1) is 11.3 Å². The molecule has 3 aromatic rings. The Morgan fingerprint density at radius 3 is 2.48 bits per heavy atom. The molecule has 0 fully saturated rings. The van der Waals surface area contributed by atoms with Crippen molar-refractivity contribution in [3.8, 4) is 0 Å². The van der Waals surface area contributed by atoms with E-state index in [1.165, 1.54) is 12.1 Å². The quantitative estimate of drug-likeness (QED) is 0.656. The van der Waals surface area contributed by atoms with Crippen molar-refractivity contribution in [2.24, 2.45) is 0 Å². The van der Waals surface area contributed by atoms with Gasteiger partial charge in [0.2, 0.25) is 0 Å². The highest BCUT2D eigenvalue weighted by atomic mass is 32.1. The van der Waals surface area contributed by atoms with Crippen LogP contribution in [-0.4, -0.2) is 10.9 Å². The molecule has 0 saturated heterocycles. The van der Waals surface area contributed by atoms with Crippen molar-refractivity contribution < 1.29 is 9.18 Å². The monoisotopic (exact) mass is 354 g/mol. The lowest BCUT2D eigenvalue weighted by Crippen LogP contribution is -2.31. The van der Waals surface area contributed by atoms with Crippen molar-refractivity contribution in [3.05, 3.63) is 81.1 Å². The second-order valence-corrected chi connectivity index (χ2v) is 7.04. The van der Waals surface area contributed by atoms with Crippen LogP contribution >= 0.6 is 11.3 Å². The van der Waals surface area contributed by atoms with E-state index >= 15 is 0 Å². The van der Waals surface area contributed by atoms with Gasteiger partial charge in [0.25, 0.3) is 5.91 Å². The molecular formula is C20H19FN2OS. The number of carbonyl (C=O) groups excluding carboxylic acids is 1. The summed E-state index contributed by atoms with van der Waals surface area (Å²) in [5.74, 6) is -0.439. The van der Waals surface area contributed by atoms with Crippen LogP contribution in [0.2, 0.25) is 0 Å². The van der Waals surface area contributed by atoms with Gasteiger partial charge in [-0.2, -0.15) is 0 Å². The Balaban J connectivity index is 2.01. The number of rotatable bonds is 4. The van der Waals surface area contributed by atoms with E-state index in [0.29, 0.717) is 17.8 Å². The fraction of sp³-hybridized carbons (Fsp3) is 0.200. The Kier molecular flexibility index (Phi) is 4.95. The van der Waals surface area contributed by atoms with Crippen molar-refractivity contribution in [2.45, 2.75) is 27.3 Å². The molecule has 1 amide bonds. The molecule has 0 spiro atoms. The van der Waals surface area contributed by atoms with Gasteiger partial charge in [0.15, 0.2) is 0 Å². The molecule has 0 saturated carbocycles. The highest BCUT2D eigenvalue weighted by molar-refractivity contribution is 7.09. The Bertz CT molecular complexity index is 902. The summed E-state index contributed by atoms with van der Waals surface area (Å²) < 4.78 is 13.3. The third kappa shape index (κ3) is 3.77. The molecule has 0 aliphatic carbocycles. The molecule has 0 N–H and O–H groups in total. The maximum Gasteiger partial charge on any atom is 0.258 e. The van der Waals surface area contributed by atoms with Crippen molar-refractivity contribution in [2.75, 3.05) is 4.90 Å². The smallest absolute Gasteiger partial charge is 0.258 e. The first-order valence-corrected chi connectivity index (χ1v) is 8.88. The molecule has 5 heteroatoms. The van der Waals surface area contributed by atoms with Crippen LogP contribution in [0.15, 0.2) is 47.8 Å². The molecular weight excluding hydrogens is 335 g/mol. The van der Waals surface area contributed by atoms with Crippen LogP contribution in [0.5, 0.6) is 0 Å². The first-order valence-electron chi connectivity index (χ1n) is 8.00. The van der Waals surface area contributed by atoms with Gasteiger partial charge in [-0.3, -0.25) is 4.79 Å². The Morgan fingerprint density at radius 2 is 1.84 bits per heavy atom. The Labute approximate surface area is 150 Å². The Hall–Kier alpha value is -2.53. The average molecular weight is 354 g/mol. The van der Waals surface area contributed by atoms with Gasteiger partial charge in [0, 0.05) is 16.6 Å². The van der Waals surface area contributed by atoms with Crippen LogP contribution < -0.4 is 4.90 Å². The zero-order valence-electron chi connectivity index (χ0n) is 14.4. The molecule has 1 aromatic heterocycles. The summed E-state index contributed by atoms with van der Waals surface area (Å²) in [6.07, 6.45) is 0. The number of nitrogens with zero attached hydrogens (tertiary/aromatic N) is 2. The van der Waals surface area contributed by atoms with E-state index in [4.69, 9.17) is 0 Å². The molecule has 3 nitrogen and oxygen atoms in total. The van der Waals surface area contributed by atoms with Crippen molar-refractivity contribution in [3.63, 3.8) is 0 Å². The molecule has 2 aromatic carbocycles. The summed E-state index contributed by atoms with van der Waals surface area (Å²) in [4.78, 5) is 19.3. The van der Waals surface area contributed by atoms with E-state index in [0.717, 1.165) is 21.8 Å². The van der Waals surface area contributed by atoms with E-state index in [-0.39, 0.29) is 11.7 Å². The number of hydrogen-bond acceptors (Lipinski definition) is 3. The van der Waals surface area contributed by atoms with E-state index in [2.05, 4.69) is 4.98 Å². The second-order valence-electron chi connectivity index (χ2n) is 5.97. The number of aromatic nitrogens is 1. The van der Waals surface area contributed by atoms with Crippen LogP contribution in [-0.2, 0) is 6.54 Å². The van der Waals surface area contributed by atoms with E-state index in [9.17, 15) is 9.18 Å². The molecule has 25 heavy (non-hydrogen) atoms. The number of thiazole rings is 1. The summed E-state index contributed by atoms with van der Waals surface area (Å²) in [5.41, 5.74) is 4.14. The maximum absolute atomic E-state index is 13.3. The molecule has 0 aliphatic heterocycles. The molecule has 3 rings (SSSR count). The summed E-state index contributed by atoms with van der Waals surface area (Å²) in [7, 11) is 0. The number of halogens is 1. The molecule has 1 heterocycles. The van der Waals surface area contributed by atoms with Gasteiger partial charge in [-0.25, -0.2) is 9.37 Å². The predicted molar refractivity (Wildman–Crippen MR) is 99.7 cm³/mol. The van der Waals surface area contributed by atoms with Crippen LogP contribution in [0.25, 0.3) is 0 Å². The number of amides is 1. The largest absolute Gasteiger partial charge is 0.302 e. The second kappa shape index (κ2) is 7.15. The lowest BCUT2D eigenvalue weighted by atomic mass is 10.0. The minimum atomic E-state index is -0.326. The van der Waals surface area contributed by atoms with E-state index in [1.54, 1.807) is 28.4 Å². The molecule has 0 bridgehead atoms. The van der Waals surface area contributed by atoms with Crippen LogP contribution in [0, 0.1) is 26.6 Å². The van der Waals surface area contributed by atoms with Crippen molar-refractivity contribution in [1.82, 2.24) is 4.98 Å². The topological polar surface area (TPSA) is 33.2 Å². The summed E-state index contributed by atoms with van der Waals surface area (Å²) >= 11 is 1.55. The zero-order valence-corrected chi connectivity index (χ0v) is 15.2. The third-order valence-corrected chi connectivity index (χ3v) is 5.03. The van der Waals surface area contributed by atoms with Gasteiger partial charge in [0.1, 0.15) is 5.82 Å². The molecule has 0 radical (unpaired) electrons. The van der Waals surface area contributed by atoms with Gasteiger partial charge >= 0.3 is 0 Å². The number of anilines is 1. The van der Waals surface area contributed by atoms with Crippen LogP contribution in [0.4, 0.5) is 10.1 Å². The maximum atomic E-state index is 13.3. The highest BCUT2D eigenvalue weighted by Crippen LogP contribution is 2.23. The van der Waals surface area contributed by atoms with Gasteiger partial charge in [-0.05, 0) is 62.2 Å². The summed E-state index contributed by atoms with van der Waals surface area (Å²) in [6.45, 7) is 6.21. The van der Waals surface area contributed by atoms with Crippen molar-refractivity contribution in [1.29, 1.82) is 0 Å². The van der Waals surface area contributed by atoms with Crippen molar-refractivity contribution >= 4 is 22.9 Å². The average Bonchev–Trinajstić information content (AvgIpc) is 3.01. The van der Waals surface area contributed by atoms with Crippen LogP contribution in [0.3, 0.4) is 0 Å². The minimum absolute atomic E-state index is 0.113. The fourth-order valence-electron chi connectivity index (χ4n) is 2.67. The summed E-state index contributed by atoms with van der Waals surface area (Å²) in [5, 5.41) is 2.90. The zero-order chi connectivity index (χ0) is 18.0. The molecule has 0 unspecified atom stereocenters. The molecule has 0 atom stereocenters. The normalized spacial score (nSPS) is 10.7. The number of benzene rings is 2. The number of hydrogen-bond donors (Lipinski definition) is 0. The SMILES string of the molecule is Cc1nc(CN(C(=O)c2cccc(C)c2C)c2ccc(F)cc2)cs1. The predicted octanol–water partition coefficient (Wildman–Crippen LogP) is 5.05. The van der Waals surface area contributed by atoms with Gasteiger partial charge in [0.05, 0.1) is 17.2 Å². The molecule has 128 valence electrons. The number of aryl methyl sites for hydroxylation is 2. The van der Waals surface area contributed by atoms with Gasteiger partial charge < -0.3 is 4.90 Å². The standard InChI is InChI=1S/C20H19FN2OS/c1-13-5-4-6-19(14(13)2)20(24)23(11-17-12-25-15(3)22-17)18-9-7-16(21)8-10-18/h4-10,12H,11H2,1-3H3. The first-order chi connectivity index (χ1) is 12.0. The van der Waals surface area contributed by atoms with Crippen LogP contribution in [0.1, 0.15) is 32.2 Å². The van der Waals surface area contributed by atoms with E-state index in [1.807, 2.05) is 44.4 Å². The lowest BCUT2D eigenvalue weighted by Gasteiger charge is -2.23. The summed E-state index contributed by atoms with van der Waals surface area (Å²) in [6, 6.07) is 11.7. The minimum Gasteiger partial charge on any atom is -0.302 e. The third-order valence-electron chi connectivity index (χ3n) is 4.21. The fourth-order valence-corrected chi connectivity index (χ4v) is 3.28. The number of carbonyl (C=O) groups is 1. The van der Waals surface area contributed by atoms with E-state index < -0.39 is 0 Å². The first kappa shape index (κ1) is 17.3. The highest BCUT2D eigenvalue weighted by Gasteiger charge is 2.21.